The van der Waals surface area contributed by atoms with Crippen LogP contribution in [0.4, 0.5) is 0 Å². The van der Waals surface area contributed by atoms with Crippen molar-refractivity contribution in [2.45, 2.75) is 26.3 Å². The fourth-order valence-corrected chi connectivity index (χ4v) is 1.65. The van der Waals surface area contributed by atoms with Crippen LogP contribution in [0.1, 0.15) is 20.3 Å². The van der Waals surface area contributed by atoms with E-state index in [1.807, 2.05) is 13.8 Å². The Labute approximate surface area is 89.4 Å². The Balaban J connectivity index is 2.71. The average Bonchev–Trinajstić information content (AvgIpc) is 2.27. The lowest BCUT2D eigenvalue weighted by Crippen LogP contribution is -2.58. The predicted octanol–water partition coefficient (Wildman–Crippen LogP) is -0.0825. The number of rotatable bonds is 3. The number of hydrogen-bond donors (Lipinski definition) is 2. The van der Waals surface area contributed by atoms with E-state index in [1.54, 1.807) is 0 Å². The van der Waals surface area contributed by atoms with Gasteiger partial charge in [0, 0.05) is 25.6 Å². The highest BCUT2D eigenvalue weighted by molar-refractivity contribution is 5.85. The molecule has 0 aliphatic carbocycles. The second kappa shape index (κ2) is 5.11. The van der Waals surface area contributed by atoms with Crippen LogP contribution in [0.15, 0.2) is 0 Å². The van der Waals surface area contributed by atoms with Gasteiger partial charge in [0.05, 0.1) is 0 Å². The zero-order valence-electron chi connectivity index (χ0n) is 9.19. The molecule has 0 radical (unpaired) electrons. The molecule has 15 heavy (non-hydrogen) atoms. The molecule has 2 unspecified atom stereocenters. The van der Waals surface area contributed by atoms with Crippen molar-refractivity contribution in [2.24, 2.45) is 5.92 Å². The fourth-order valence-electron chi connectivity index (χ4n) is 1.65. The van der Waals surface area contributed by atoms with E-state index < -0.39 is 12.0 Å². The highest BCUT2D eigenvalue weighted by Crippen LogP contribution is 2.12. The molecule has 5 heteroatoms. The van der Waals surface area contributed by atoms with E-state index >= 15 is 0 Å². The fraction of sp³-hybridized carbons (Fsp3) is 0.800. The summed E-state index contributed by atoms with van der Waals surface area (Å²) in [5.74, 6) is -1.07. The zero-order valence-corrected chi connectivity index (χ0v) is 9.19. The van der Waals surface area contributed by atoms with Gasteiger partial charge < -0.3 is 15.3 Å². The van der Waals surface area contributed by atoms with Gasteiger partial charge in [-0.3, -0.25) is 4.79 Å². The molecule has 1 aliphatic rings. The van der Waals surface area contributed by atoms with Crippen molar-refractivity contribution in [2.75, 3.05) is 19.6 Å². The Morgan fingerprint density at radius 2 is 2.27 bits per heavy atom. The number of nitrogens with zero attached hydrogens (tertiary/aromatic N) is 1. The maximum Gasteiger partial charge on any atom is 0.327 e. The van der Waals surface area contributed by atoms with E-state index in [1.165, 1.54) is 4.90 Å². The minimum atomic E-state index is -0.932. The summed E-state index contributed by atoms with van der Waals surface area (Å²) >= 11 is 0. The number of hydrogen-bond acceptors (Lipinski definition) is 3. The molecule has 1 aliphatic heterocycles. The molecule has 5 nitrogen and oxygen atoms in total. The molecular formula is C10H18N2O3. The maximum absolute atomic E-state index is 11.9. The standard InChI is InChI=1S/C10H18N2O3/c1-3-7(2)9(13)12-5-4-11-6-8(12)10(14)15/h7-8,11H,3-6H2,1-2H3,(H,14,15). The number of carbonyl (C=O) groups excluding carboxylic acids is 1. The molecule has 86 valence electrons. The Hall–Kier alpha value is -1.10. The second-order valence-electron chi connectivity index (χ2n) is 3.90. The van der Waals surface area contributed by atoms with Gasteiger partial charge in [0.25, 0.3) is 0 Å². The van der Waals surface area contributed by atoms with Crippen molar-refractivity contribution in [1.82, 2.24) is 10.2 Å². The SMILES string of the molecule is CCC(C)C(=O)N1CCNCC1C(=O)O. The number of carboxylic acid groups (broad SMARTS) is 1. The minimum absolute atomic E-state index is 0.0496. The molecule has 0 aromatic carbocycles. The van der Waals surface area contributed by atoms with E-state index in [4.69, 9.17) is 5.11 Å². The van der Waals surface area contributed by atoms with Crippen molar-refractivity contribution in [3.8, 4) is 0 Å². The molecule has 0 aromatic rings. The van der Waals surface area contributed by atoms with Gasteiger partial charge in [-0.15, -0.1) is 0 Å². The first kappa shape index (κ1) is 12.0. The van der Waals surface area contributed by atoms with Gasteiger partial charge in [-0.2, -0.15) is 0 Å². The summed E-state index contributed by atoms with van der Waals surface area (Å²) in [6.07, 6.45) is 0.745. The van der Waals surface area contributed by atoms with E-state index in [2.05, 4.69) is 5.32 Å². The van der Waals surface area contributed by atoms with Gasteiger partial charge in [-0.25, -0.2) is 4.79 Å². The topological polar surface area (TPSA) is 69.6 Å². The van der Waals surface area contributed by atoms with Crippen LogP contribution < -0.4 is 5.32 Å². The first-order valence-electron chi connectivity index (χ1n) is 5.32. The largest absolute Gasteiger partial charge is 0.480 e. The quantitative estimate of drug-likeness (QED) is 0.689. The molecule has 1 rings (SSSR count). The van der Waals surface area contributed by atoms with Crippen molar-refractivity contribution < 1.29 is 14.7 Å². The monoisotopic (exact) mass is 214 g/mol. The van der Waals surface area contributed by atoms with Gasteiger partial charge in [0.1, 0.15) is 6.04 Å². The summed E-state index contributed by atoms with van der Waals surface area (Å²) < 4.78 is 0. The van der Waals surface area contributed by atoms with Crippen LogP contribution in [0.2, 0.25) is 0 Å². The predicted molar refractivity (Wildman–Crippen MR) is 55.5 cm³/mol. The third kappa shape index (κ3) is 2.68. The molecular weight excluding hydrogens is 196 g/mol. The molecule has 0 spiro atoms. The Bertz CT molecular complexity index is 255. The van der Waals surface area contributed by atoms with Crippen LogP contribution in [-0.2, 0) is 9.59 Å². The summed E-state index contributed by atoms with van der Waals surface area (Å²) in [7, 11) is 0. The van der Waals surface area contributed by atoms with Crippen LogP contribution >= 0.6 is 0 Å². The summed E-state index contributed by atoms with van der Waals surface area (Å²) in [6.45, 7) is 5.27. The molecule has 2 N–H and O–H groups in total. The first-order valence-corrected chi connectivity index (χ1v) is 5.32. The van der Waals surface area contributed by atoms with Gasteiger partial charge in [0.15, 0.2) is 0 Å². The summed E-state index contributed by atoms with van der Waals surface area (Å²) in [4.78, 5) is 24.3. The van der Waals surface area contributed by atoms with Crippen molar-refractivity contribution in [3.63, 3.8) is 0 Å². The lowest BCUT2D eigenvalue weighted by molar-refractivity contribution is -0.152. The number of aliphatic carboxylic acids is 1. The second-order valence-corrected chi connectivity index (χ2v) is 3.90. The Morgan fingerprint density at radius 3 is 2.80 bits per heavy atom. The number of carbonyl (C=O) groups is 2. The third-order valence-corrected chi connectivity index (χ3v) is 2.85. The zero-order chi connectivity index (χ0) is 11.4. The van der Waals surface area contributed by atoms with Crippen LogP contribution in [0.25, 0.3) is 0 Å². The number of amides is 1. The smallest absolute Gasteiger partial charge is 0.327 e. The Kier molecular flexibility index (Phi) is 4.08. The molecule has 1 amide bonds. The number of carboxylic acids is 1. The normalized spacial score (nSPS) is 23.6. The van der Waals surface area contributed by atoms with E-state index in [9.17, 15) is 9.59 Å². The van der Waals surface area contributed by atoms with Gasteiger partial charge in [-0.05, 0) is 6.42 Å². The highest BCUT2D eigenvalue weighted by atomic mass is 16.4. The lowest BCUT2D eigenvalue weighted by atomic mass is 10.1. The van der Waals surface area contributed by atoms with Gasteiger partial charge >= 0.3 is 5.97 Å². The van der Waals surface area contributed by atoms with Gasteiger partial charge in [-0.1, -0.05) is 13.8 Å². The van der Waals surface area contributed by atoms with E-state index in [-0.39, 0.29) is 11.8 Å². The average molecular weight is 214 g/mol. The molecule has 2 atom stereocenters. The maximum atomic E-state index is 11.9. The number of piperazine rings is 1. The molecule has 1 heterocycles. The molecule has 1 fully saturated rings. The van der Waals surface area contributed by atoms with Crippen molar-refractivity contribution in [3.05, 3.63) is 0 Å². The molecule has 1 saturated heterocycles. The van der Waals surface area contributed by atoms with Gasteiger partial charge in [0.2, 0.25) is 5.91 Å². The van der Waals surface area contributed by atoms with E-state index in [0.29, 0.717) is 19.6 Å². The summed E-state index contributed by atoms with van der Waals surface area (Å²) in [6, 6.07) is -0.708. The van der Waals surface area contributed by atoms with Crippen molar-refractivity contribution in [1.29, 1.82) is 0 Å². The Morgan fingerprint density at radius 1 is 1.60 bits per heavy atom. The number of nitrogens with one attached hydrogen (secondary N) is 1. The van der Waals surface area contributed by atoms with Crippen molar-refractivity contribution >= 4 is 11.9 Å². The minimum Gasteiger partial charge on any atom is -0.480 e. The molecule has 0 aromatic heterocycles. The van der Waals surface area contributed by atoms with Crippen LogP contribution in [0.5, 0.6) is 0 Å². The van der Waals surface area contributed by atoms with Crippen LogP contribution in [0, 0.1) is 5.92 Å². The summed E-state index contributed by atoms with van der Waals surface area (Å²) in [5, 5.41) is 12.0. The lowest BCUT2D eigenvalue weighted by Gasteiger charge is -2.35. The highest BCUT2D eigenvalue weighted by Gasteiger charge is 2.33. The van der Waals surface area contributed by atoms with E-state index in [0.717, 1.165) is 6.42 Å². The summed E-state index contributed by atoms with van der Waals surface area (Å²) in [5.41, 5.74) is 0. The molecule has 0 saturated carbocycles. The van der Waals surface area contributed by atoms with Crippen LogP contribution in [0.3, 0.4) is 0 Å². The first-order chi connectivity index (χ1) is 7.07. The molecule has 0 bridgehead atoms. The van der Waals surface area contributed by atoms with Crippen LogP contribution in [-0.4, -0.2) is 47.6 Å². The third-order valence-electron chi connectivity index (χ3n) is 2.85.